The van der Waals surface area contributed by atoms with Gasteiger partial charge in [-0.05, 0) is 19.4 Å². The maximum atomic E-state index is 12.8. The van der Waals surface area contributed by atoms with E-state index < -0.39 is 0 Å². The van der Waals surface area contributed by atoms with Crippen molar-refractivity contribution in [2.75, 3.05) is 26.2 Å². The minimum atomic E-state index is -0.101. The van der Waals surface area contributed by atoms with E-state index in [0.717, 1.165) is 37.6 Å². The van der Waals surface area contributed by atoms with Gasteiger partial charge in [0, 0.05) is 38.6 Å². The Kier molecular flexibility index (Phi) is 3.43. The van der Waals surface area contributed by atoms with Crippen LogP contribution in [0.15, 0.2) is 6.33 Å². The first-order valence-corrected chi connectivity index (χ1v) is 8.08. The molecule has 2 unspecified atom stereocenters. The van der Waals surface area contributed by atoms with Crippen LogP contribution in [0.25, 0.3) is 0 Å². The van der Waals surface area contributed by atoms with E-state index >= 15 is 0 Å². The van der Waals surface area contributed by atoms with Gasteiger partial charge in [0.25, 0.3) is 0 Å². The summed E-state index contributed by atoms with van der Waals surface area (Å²) in [7, 11) is 0. The van der Waals surface area contributed by atoms with Crippen LogP contribution in [0.3, 0.4) is 0 Å². The van der Waals surface area contributed by atoms with Gasteiger partial charge < -0.3 is 9.88 Å². The molecule has 1 aromatic rings. The Morgan fingerprint density at radius 3 is 3.19 bits per heavy atom. The Balaban J connectivity index is 1.41. The van der Waals surface area contributed by atoms with Crippen LogP contribution in [0.4, 0.5) is 0 Å². The molecule has 4 heterocycles. The number of hydrogen-bond acceptors (Lipinski definition) is 4. The normalized spacial score (nSPS) is 29.8. The molecular formula is C15H23N5O. The number of H-pyrrole nitrogens is 1. The van der Waals surface area contributed by atoms with Gasteiger partial charge in [0.1, 0.15) is 0 Å². The van der Waals surface area contributed by atoms with E-state index in [9.17, 15) is 4.79 Å². The first kappa shape index (κ1) is 13.3. The van der Waals surface area contributed by atoms with E-state index in [-0.39, 0.29) is 11.9 Å². The van der Waals surface area contributed by atoms with Gasteiger partial charge in [0.05, 0.1) is 23.8 Å². The molecule has 0 aromatic carbocycles. The SMILES string of the molecule is O=C(C1Cc2nc[nH]c2CN1)N1CCN2CCCCC2C1. The summed E-state index contributed by atoms with van der Waals surface area (Å²) in [6.45, 7) is 4.75. The summed E-state index contributed by atoms with van der Waals surface area (Å²) in [4.78, 5) is 24.9. The summed E-state index contributed by atoms with van der Waals surface area (Å²) < 4.78 is 0. The Bertz CT molecular complexity index is 528. The molecular weight excluding hydrogens is 266 g/mol. The topological polar surface area (TPSA) is 64.3 Å². The Hall–Kier alpha value is -1.40. The van der Waals surface area contributed by atoms with E-state index in [4.69, 9.17) is 0 Å². The second kappa shape index (κ2) is 5.42. The number of rotatable bonds is 1. The smallest absolute Gasteiger partial charge is 0.240 e. The maximum absolute atomic E-state index is 12.8. The molecule has 2 saturated heterocycles. The highest BCUT2D eigenvalue weighted by Gasteiger charge is 2.35. The summed E-state index contributed by atoms with van der Waals surface area (Å²) in [5.41, 5.74) is 2.17. The number of aromatic amines is 1. The highest BCUT2D eigenvalue weighted by Crippen LogP contribution is 2.22. The molecule has 0 spiro atoms. The summed E-state index contributed by atoms with van der Waals surface area (Å²) in [6.07, 6.45) is 6.30. The Labute approximate surface area is 124 Å². The molecule has 0 saturated carbocycles. The lowest BCUT2D eigenvalue weighted by molar-refractivity contribution is -0.137. The van der Waals surface area contributed by atoms with Crippen LogP contribution < -0.4 is 5.32 Å². The number of piperidine rings is 1. The van der Waals surface area contributed by atoms with Gasteiger partial charge in [-0.15, -0.1) is 0 Å². The predicted molar refractivity (Wildman–Crippen MR) is 78.7 cm³/mol. The number of nitrogens with zero attached hydrogens (tertiary/aromatic N) is 3. The zero-order chi connectivity index (χ0) is 14.2. The standard InChI is InChI=1S/C15H23N5O/c21-15(13-7-12-14(8-16-13)18-10-17-12)20-6-5-19-4-2-1-3-11(19)9-20/h10-11,13,16H,1-9H2,(H,17,18). The number of imidazole rings is 1. The average molecular weight is 289 g/mol. The van der Waals surface area contributed by atoms with Gasteiger partial charge in [-0.2, -0.15) is 0 Å². The van der Waals surface area contributed by atoms with Crippen LogP contribution in [-0.2, 0) is 17.8 Å². The molecule has 1 amide bonds. The third-order valence-corrected chi connectivity index (χ3v) is 5.18. The molecule has 3 aliphatic rings. The third kappa shape index (κ3) is 2.46. The molecule has 0 bridgehead atoms. The lowest BCUT2D eigenvalue weighted by Crippen LogP contribution is -2.59. The van der Waals surface area contributed by atoms with Crippen molar-refractivity contribution in [2.24, 2.45) is 0 Å². The van der Waals surface area contributed by atoms with Crippen molar-refractivity contribution in [2.45, 2.75) is 44.3 Å². The number of hydrogen-bond donors (Lipinski definition) is 2. The van der Waals surface area contributed by atoms with Crippen molar-refractivity contribution in [1.29, 1.82) is 0 Å². The van der Waals surface area contributed by atoms with Crippen molar-refractivity contribution in [3.8, 4) is 0 Å². The quantitative estimate of drug-likeness (QED) is 0.771. The number of fused-ring (bicyclic) bond motifs is 2. The zero-order valence-electron chi connectivity index (χ0n) is 12.3. The van der Waals surface area contributed by atoms with Crippen LogP contribution in [0.1, 0.15) is 30.7 Å². The van der Waals surface area contributed by atoms with Gasteiger partial charge in [-0.1, -0.05) is 6.42 Å². The van der Waals surface area contributed by atoms with Crippen LogP contribution in [0, 0.1) is 0 Å². The minimum Gasteiger partial charge on any atom is -0.347 e. The molecule has 0 aliphatic carbocycles. The number of carbonyl (C=O) groups excluding carboxylic acids is 1. The summed E-state index contributed by atoms with van der Waals surface area (Å²) in [5.74, 6) is 0.258. The molecule has 0 radical (unpaired) electrons. The largest absolute Gasteiger partial charge is 0.347 e. The van der Waals surface area contributed by atoms with E-state index in [1.165, 1.54) is 25.8 Å². The lowest BCUT2D eigenvalue weighted by Gasteiger charge is -2.45. The summed E-state index contributed by atoms with van der Waals surface area (Å²) >= 11 is 0. The van der Waals surface area contributed by atoms with Gasteiger partial charge in [0.15, 0.2) is 0 Å². The van der Waals surface area contributed by atoms with Crippen LogP contribution in [-0.4, -0.2) is 63.9 Å². The molecule has 2 N–H and O–H groups in total. The number of piperazine rings is 1. The first-order valence-electron chi connectivity index (χ1n) is 8.08. The maximum Gasteiger partial charge on any atom is 0.240 e. The van der Waals surface area contributed by atoms with Crippen LogP contribution >= 0.6 is 0 Å². The van der Waals surface area contributed by atoms with Crippen molar-refractivity contribution >= 4 is 5.91 Å². The molecule has 6 heteroatoms. The molecule has 4 rings (SSSR count). The highest BCUT2D eigenvalue weighted by molar-refractivity contribution is 5.82. The van der Waals surface area contributed by atoms with Crippen molar-refractivity contribution in [3.63, 3.8) is 0 Å². The second-order valence-electron chi connectivity index (χ2n) is 6.44. The second-order valence-corrected chi connectivity index (χ2v) is 6.44. The Morgan fingerprint density at radius 1 is 1.29 bits per heavy atom. The molecule has 6 nitrogen and oxygen atoms in total. The number of carbonyl (C=O) groups is 1. The average Bonchev–Trinajstić information content (AvgIpc) is 3.01. The highest BCUT2D eigenvalue weighted by atomic mass is 16.2. The van der Waals surface area contributed by atoms with Gasteiger partial charge >= 0.3 is 0 Å². The molecule has 114 valence electrons. The Morgan fingerprint density at radius 2 is 2.24 bits per heavy atom. The number of amides is 1. The van der Waals surface area contributed by atoms with Gasteiger partial charge in [-0.3, -0.25) is 15.0 Å². The third-order valence-electron chi connectivity index (χ3n) is 5.18. The molecule has 21 heavy (non-hydrogen) atoms. The van der Waals surface area contributed by atoms with Crippen molar-refractivity contribution in [3.05, 3.63) is 17.7 Å². The van der Waals surface area contributed by atoms with Gasteiger partial charge in [-0.25, -0.2) is 4.98 Å². The van der Waals surface area contributed by atoms with Crippen molar-refractivity contribution < 1.29 is 4.79 Å². The van der Waals surface area contributed by atoms with Crippen LogP contribution in [0.2, 0.25) is 0 Å². The lowest BCUT2D eigenvalue weighted by atomic mass is 9.98. The molecule has 1 aromatic heterocycles. The van der Waals surface area contributed by atoms with E-state index in [1.54, 1.807) is 6.33 Å². The fourth-order valence-corrected chi connectivity index (χ4v) is 3.92. The predicted octanol–water partition coefficient (Wildman–Crippen LogP) is 0.121. The van der Waals surface area contributed by atoms with Crippen LogP contribution in [0.5, 0.6) is 0 Å². The van der Waals surface area contributed by atoms with Gasteiger partial charge in [0.2, 0.25) is 5.91 Å². The fourth-order valence-electron chi connectivity index (χ4n) is 3.92. The summed E-state index contributed by atoms with van der Waals surface area (Å²) in [5, 5.41) is 3.35. The summed E-state index contributed by atoms with van der Waals surface area (Å²) in [6, 6.07) is 0.483. The van der Waals surface area contributed by atoms with E-state index in [1.807, 2.05) is 0 Å². The fraction of sp³-hybridized carbons (Fsp3) is 0.733. The van der Waals surface area contributed by atoms with E-state index in [0.29, 0.717) is 12.5 Å². The molecule has 2 atom stereocenters. The van der Waals surface area contributed by atoms with E-state index in [2.05, 4.69) is 25.1 Å². The molecule has 2 fully saturated rings. The first-order chi connectivity index (χ1) is 10.3. The van der Waals surface area contributed by atoms with Crippen molar-refractivity contribution in [1.82, 2.24) is 25.1 Å². The molecule has 3 aliphatic heterocycles. The minimum absolute atomic E-state index is 0.101. The zero-order valence-corrected chi connectivity index (χ0v) is 12.3. The number of aromatic nitrogens is 2. The number of nitrogens with one attached hydrogen (secondary N) is 2. The monoisotopic (exact) mass is 289 g/mol.